The van der Waals surface area contributed by atoms with Gasteiger partial charge in [0.05, 0.1) is 11.5 Å². The van der Waals surface area contributed by atoms with Gasteiger partial charge < -0.3 is 10.4 Å². The lowest BCUT2D eigenvalue weighted by molar-refractivity contribution is -0.143. The maximum absolute atomic E-state index is 13.1. The summed E-state index contributed by atoms with van der Waals surface area (Å²) in [6.45, 7) is 1.60. The van der Waals surface area contributed by atoms with Crippen molar-refractivity contribution in [3.8, 4) is 0 Å². The molecule has 2 N–H and O–H groups in total. The summed E-state index contributed by atoms with van der Waals surface area (Å²) in [5, 5.41) is 11.8. The number of alkyl halides is 3. The summed E-state index contributed by atoms with van der Waals surface area (Å²) in [7, 11) is 0. The molecule has 1 atom stereocenters. The van der Waals surface area contributed by atoms with Crippen molar-refractivity contribution in [3.63, 3.8) is 0 Å². The first-order valence-corrected chi connectivity index (χ1v) is 8.36. The third-order valence-corrected chi connectivity index (χ3v) is 4.73. The molecule has 1 aromatic carbocycles. The number of carboxylic acids is 1. The molecule has 1 aromatic rings. The SMILES string of the molecule is CC(CC(=O)NC1CCC(C(=O)O)CC1)c1ccccc1C(F)(F)F. The van der Waals surface area contributed by atoms with Gasteiger partial charge in [0.2, 0.25) is 5.91 Å². The molecule has 0 spiro atoms. The number of amides is 1. The second-order valence-corrected chi connectivity index (χ2v) is 6.64. The number of aliphatic carboxylic acids is 1. The van der Waals surface area contributed by atoms with Crippen molar-refractivity contribution < 1.29 is 27.9 Å². The monoisotopic (exact) mass is 357 g/mol. The van der Waals surface area contributed by atoms with E-state index >= 15 is 0 Å². The van der Waals surface area contributed by atoms with Crippen LogP contribution in [-0.2, 0) is 15.8 Å². The van der Waals surface area contributed by atoms with Crippen molar-refractivity contribution in [1.82, 2.24) is 5.32 Å². The molecule has 1 fully saturated rings. The third-order valence-electron chi connectivity index (χ3n) is 4.73. The molecule has 0 aromatic heterocycles. The molecule has 0 heterocycles. The van der Waals surface area contributed by atoms with Crippen molar-refractivity contribution in [3.05, 3.63) is 35.4 Å². The van der Waals surface area contributed by atoms with Gasteiger partial charge in [-0.3, -0.25) is 9.59 Å². The molecule has 25 heavy (non-hydrogen) atoms. The highest BCUT2D eigenvalue weighted by atomic mass is 19.4. The molecule has 4 nitrogen and oxygen atoms in total. The summed E-state index contributed by atoms with van der Waals surface area (Å²) in [4.78, 5) is 23.1. The second kappa shape index (κ2) is 7.89. The highest BCUT2D eigenvalue weighted by Crippen LogP contribution is 2.36. The first-order chi connectivity index (χ1) is 11.7. The highest BCUT2D eigenvalue weighted by Gasteiger charge is 2.34. The molecular formula is C18H22F3NO3. The Labute approximate surface area is 144 Å². The number of hydrogen-bond donors (Lipinski definition) is 2. The predicted octanol–water partition coefficient (Wildman–Crippen LogP) is 3.96. The van der Waals surface area contributed by atoms with Gasteiger partial charge in [-0.15, -0.1) is 0 Å². The van der Waals surface area contributed by atoms with Gasteiger partial charge in [-0.2, -0.15) is 13.2 Å². The number of carbonyl (C=O) groups excluding carboxylic acids is 1. The molecule has 1 unspecified atom stereocenters. The molecule has 1 aliphatic rings. The number of halogens is 3. The summed E-state index contributed by atoms with van der Waals surface area (Å²) in [6, 6.07) is 5.19. The standard InChI is InChI=1S/C18H22F3NO3/c1-11(14-4-2-3-5-15(14)18(19,20)21)10-16(23)22-13-8-6-12(7-9-13)17(24)25/h2-5,11-13H,6-10H2,1H3,(H,22,23)(H,24,25). The maximum Gasteiger partial charge on any atom is 0.416 e. The summed E-state index contributed by atoms with van der Waals surface area (Å²) < 4.78 is 39.2. The molecule has 1 saturated carbocycles. The lowest BCUT2D eigenvalue weighted by Crippen LogP contribution is -2.39. The Kier molecular flexibility index (Phi) is 6.08. The number of carboxylic acid groups (broad SMARTS) is 1. The zero-order valence-electron chi connectivity index (χ0n) is 14.0. The molecule has 1 aliphatic carbocycles. The van der Waals surface area contributed by atoms with E-state index in [2.05, 4.69) is 5.32 Å². The van der Waals surface area contributed by atoms with Crippen LogP contribution in [-0.4, -0.2) is 23.0 Å². The average molecular weight is 357 g/mol. The van der Waals surface area contributed by atoms with Gasteiger partial charge in [0.15, 0.2) is 0 Å². The van der Waals surface area contributed by atoms with Gasteiger partial charge in [-0.1, -0.05) is 25.1 Å². The van der Waals surface area contributed by atoms with Crippen molar-refractivity contribution in [2.75, 3.05) is 0 Å². The molecule has 0 saturated heterocycles. The summed E-state index contributed by atoms with van der Waals surface area (Å²) in [6.07, 6.45) is -2.31. The average Bonchev–Trinajstić information content (AvgIpc) is 2.54. The normalized spacial score (nSPS) is 22.2. The minimum Gasteiger partial charge on any atom is -0.481 e. The van der Waals surface area contributed by atoms with E-state index in [1.54, 1.807) is 6.92 Å². The van der Waals surface area contributed by atoms with E-state index in [-0.39, 0.29) is 29.9 Å². The lowest BCUT2D eigenvalue weighted by atomic mass is 9.86. The Bertz CT molecular complexity index is 622. The van der Waals surface area contributed by atoms with Gasteiger partial charge in [-0.05, 0) is 43.2 Å². The largest absolute Gasteiger partial charge is 0.481 e. The number of nitrogens with one attached hydrogen (secondary N) is 1. The van der Waals surface area contributed by atoms with Crippen LogP contribution < -0.4 is 5.32 Å². The highest BCUT2D eigenvalue weighted by molar-refractivity contribution is 5.77. The Hall–Kier alpha value is -2.05. The molecule has 7 heteroatoms. The fraction of sp³-hybridized carbons (Fsp3) is 0.556. The fourth-order valence-corrected chi connectivity index (χ4v) is 3.34. The molecule has 0 bridgehead atoms. The van der Waals surface area contributed by atoms with Crippen LogP contribution in [0.3, 0.4) is 0 Å². The van der Waals surface area contributed by atoms with Crippen LogP contribution in [0.5, 0.6) is 0 Å². The van der Waals surface area contributed by atoms with Crippen LogP contribution in [0.4, 0.5) is 13.2 Å². The second-order valence-electron chi connectivity index (χ2n) is 6.64. The topological polar surface area (TPSA) is 66.4 Å². The van der Waals surface area contributed by atoms with Gasteiger partial charge in [0.1, 0.15) is 0 Å². The molecule has 138 valence electrons. The van der Waals surface area contributed by atoms with Gasteiger partial charge in [0, 0.05) is 12.5 Å². The Morgan fingerprint density at radius 2 is 1.80 bits per heavy atom. The van der Waals surface area contributed by atoms with Crippen LogP contribution in [0, 0.1) is 5.92 Å². The number of benzene rings is 1. The van der Waals surface area contributed by atoms with Crippen LogP contribution in [0.2, 0.25) is 0 Å². The van der Waals surface area contributed by atoms with Crippen molar-refractivity contribution in [2.45, 2.75) is 57.2 Å². The number of rotatable bonds is 5. The minimum absolute atomic E-state index is 0.0358. The van der Waals surface area contributed by atoms with E-state index in [4.69, 9.17) is 5.11 Å². The van der Waals surface area contributed by atoms with Gasteiger partial charge in [-0.25, -0.2) is 0 Å². The number of hydrogen-bond acceptors (Lipinski definition) is 2. The van der Waals surface area contributed by atoms with Crippen molar-refractivity contribution in [1.29, 1.82) is 0 Å². The van der Waals surface area contributed by atoms with Crippen LogP contribution in [0.15, 0.2) is 24.3 Å². The summed E-state index contributed by atoms with van der Waals surface area (Å²) >= 11 is 0. The zero-order valence-corrected chi connectivity index (χ0v) is 14.0. The molecular weight excluding hydrogens is 335 g/mol. The zero-order chi connectivity index (χ0) is 18.6. The quantitative estimate of drug-likeness (QED) is 0.838. The van der Waals surface area contributed by atoms with E-state index in [1.807, 2.05) is 0 Å². The third kappa shape index (κ3) is 5.21. The molecule has 1 amide bonds. The molecule has 0 radical (unpaired) electrons. The van der Waals surface area contributed by atoms with Gasteiger partial charge >= 0.3 is 12.1 Å². The number of carbonyl (C=O) groups is 2. The summed E-state index contributed by atoms with van der Waals surface area (Å²) in [5.74, 6) is -2.05. The van der Waals surface area contributed by atoms with E-state index in [0.29, 0.717) is 25.7 Å². The van der Waals surface area contributed by atoms with Crippen molar-refractivity contribution >= 4 is 11.9 Å². The van der Waals surface area contributed by atoms with Crippen LogP contribution in [0.1, 0.15) is 56.1 Å². The molecule has 0 aliphatic heterocycles. The van der Waals surface area contributed by atoms with Gasteiger partial charge in [0.25, 0.3) is 0 Å². The van der Waals surface area contributed by atoms with E-state index in [1.165, 1.54) is 18.2 Å². The minimum atomic E-state index is -4.45. The smallest absolute Gasteiger partial charge is 0.416 e. The Morgan fingerprint density at radius 3 is 2.36 bits per heavy atom. The molecule has 2 rings (SSSR count). The van der Waals surface area contributed by atoms with Crippen LogP contribution >= 0.6 is 0 Å². The van der Waals surface area contributed by atoms with E-state index < -0.39 is 23.6 Å². The maximum atomic E-state index is 13.1. The van der Waals surface area contributed by atoms with E-state index in [0.717, 1.165) is 6.07 Å². The Morgan fingerprint density at radius 1 is 1.20 bits per heavy atom. The van der Waals surface area contributed by atoms with E-state index in [9.17, 15) is 22.8 Å². The lowest BCUT2D eigenvalue weighted by Gasteiger charge is -2.27. The predicted molar refractivity (Wildman–Crippen MR) is 86.0 cm³/mol. The van der Waals surface area contributed by atoms with Crippen LogP contribution in [0.25, 0.3) is 0 Å². The van der Waals surface area contributed by atoms with Crippen molar-refractivity contribution in [2.24, 2.45) is 5.92 Å². The summed E-state index contributed by atoms with van der Waals surface area (Å²) in [5.41, 5.74) is -0.600. The first-order valence-electron chi connectivity index (χ1n) is 8.36. The Balaban J connectivity index is 1.92. The fourth-order valence-electron chi connectivity index (χ4n) is 3.34. The first kappa shape index (κ1) is 19.3.